The van der Waals surface area contributed by atoms with Gasteiger partial charge in [-0.15, -0.1) is 0 Å². The second-order valence-corrected chi connectivity index (χ2v) is 12.9. The number of carbonyl (C=O) groups excluding carboxylic acids is 4. The van der Waals surface area contributed by atoms with Crippen LogP contribution in [0.5, 0.6) is 5.75 Å². The highest BCUT2D eigenvalue weighted by atomic mass is 16.5. The summed E-state index contributed by atoms with van der Waals surface area (Å²) in [5, 5.41) is 21.6. The van der Waals surface area contributed by atoms with Crippen molar-refractivity contribution in [3.63, 3.8) is 0 Å². The number of carbonyl (C=O) groups is 4. The lowest BCUT2D eigenvalue weighted by Crippen LogP contribution is -2.59. The van der Waals surface area contributed by atoms with Crippen molar-refractivity contribution in [2.75, 3.05) is 13.2 Å². The zero-order valence-electron chi connectivity index (χ0n) is 28.5. The number of rotatable bonds is 18. The molecule has 0 heterocycles. The van der Waals surface area contributed by atoms with E-state index in [-0.39, 0.29) is 36.7 Å². The fraction of sp³-hybridized carbons (Fsp3) is 0.543. The molecular weight excluding hydrogens is 586 g/mol. The molecule has 0 aliphatic heterocycles. The number of nitrogens with one attached hydrogen (secondary N) is 4. The van der Waals surface area contributed by atoms with E-state index in [1.165, 1.54) is 13.8 Å². The molecule has 2 rings (SSSR count). The van der Waals surface area contributed by atoms with Crippen LogP contribution in [0, 0.1) is 17.8 Å². The Morgan fingerprint density at radius 2 is 1.28 bits per heavy atom. The largest absolute Gasteiger partial charge is 0.493 e. The summed E-state index contributed by atoms with van der Waals surface area (Å²) in [5.74, 6) is -0.787. The molecule has 0 aliphatic carbocycles. The molecule has 46 heavy (non-hydrogen) atoms. The monoisotopic (exact) mass is 639 g/mol. The molecule has 0 saturated heterocycles. The second-order valence-electron chi connectivity index (χ2n) is 12.9. The maximum absolute atomic E-state index is 13.4. The number of amides is 4. The van der Waals surface area contributed by atoms with Crippen molar-refractivity contribution in [2.45, 2.75) is 92.6 Å². The number of hydrogen-bond donors (Lipinski definition) is 5. The molecule has 4 amide bonds. The number of benzene rings is 2. The normalized spacial score (nSPS) is 14.0. The molecule has 0 aromatic heterocycles. The Morgan fingerprint density at radius 1 is 0.739 bits per heavy atom. The van der Waals surface area contributed by atoms with E-state index >= 15 is 0 Å². The van der Waals surface area contributed by atoms with Crippen molar-refractivity contribution < 1.29 is 29.0 Å². The standard InChI is InChI=1S/C35H53N5O6/c1-22(2)21-46-29-16-14-28(15-17-29)19-40(39-35(45)33(24(5)6)37-26(8)42)20-31(43)30(18-27-12-10-9-11-13-27)38-34(44)32(23(3)4)36-25(7)41/h9-17,22-24,30-33,43H,18-21H2,1-8H3,(H,36,41)(H,37,42)(H,38,44)(H,39,45)/t30-,31-,32-,33-/m0/s1. The molecule has 11 heteroatoms. The van der Waals surface area contributed by atoms with Crippen molar-refractivity contribution in [3.8, 4) is 5.75 Å². The number of nitrogens with zero attached hydrogens (tertiary/aromatic N) is 1. The molecule has 11 nitrogen and oxygen atoms in total. The molecule has 0 fully saturated rings. The van der Waals surface area contributed by atoms with Gasteiger partial charge < -0.3 is 25.8 Å². The lowest BCUT2D eigenvalue weighted by Gasteiger charge is -2.33. The smallest absolute Gasteiger partial charge is 0.257 e. The van der Waals surface area contributed by atoms with Gasteiger partial charge in [0.25, 0.3) is 5.91 Å². The van der Waals surface area contributed by atoms with Crippen LogP contribution in [0.25, 0.3) is 0 Å². The first-order chi connectivity index (χ1) is 21.7. The highest BCUT2D eigenvalue weighted by Crippen LogP contribution is 2.16. The minimum absolute atomic E-state index is 0.0491. The van der Waals surface area contributed by atoms with Gasteiger partial charge in [0.1, 0.15) is 17.8 Å². The summed E-state index contributed by atoms with van der Waals surface area (Å²) >= 11 is 0. The third-order valence-electron chi connectivity index (χ3n) is 7.26. The van der Waals surface area contributed by atoms with Crippen molar-refractivity contribution in [1.29, 1.82) is 0 Å². The first-order valence-electron chi connectivity index (χ1n) is 16.0. The van der Waals surface area contributed by atoms with Crippen LogP contribution in [0.15, 0.2) is 54.6 Å². The quantitative estimate of drug-likeness (QED) is 0.158. The molecule has 5 N–H and O–H groups in total. The number of hydrazine groups is 1. The molecule has 0 radical (unpaired) electrons. The van der Waals surface area contributed by atoms with Crippen LogP contribution in [-0.4, -0.2) is 71.1 Å². The Bertz CT molecular complexity index is 1250. The number of aliphatic hydroxyl groups excluding tert-OH is 1. The lowest BCUT2D eigenvalue weighted by atomic mass is 9.98. The number of ether oxygens (including phenoxy) is 1. The van der Waals surface area contributed by atoms with E-state index < -0.39 is 36.0 Å². The van der Waals surface area contributed by atoms with Crippen LogP contribution in [0.2, 0.25) is 0 Å². The molecule has 0 aliphatic rings. The van der Waals surface area contributed by atoms with Gasteiger partial charge >= 0.3 is 0 Å². The van der Waals surface area contributed by atoms with E-state index in [2.05, 4.69) is 35.2 Å². The first kappa shape index (κ1) is 38.2. The summed E-state index contributed by atoms with van der Waals surface area (Å²) in [6.45, 7) is 15.0. The van der Waals surface area contributed by atoms with E-state index in [1.54, 1.807) is 5.01 Å². The molecule has 0 unspecified atom stereocenters. The summed E-state index contributed by atoms with van der Waals surface area (Å²) < 4.78 is 5.81. The van der Waals surface area contributed by atoms with Crippen LogP contribution in [-0.2, 0) is 32.1 Å². The fourth-order valence-corrected chi connectivity index (χ4v) is 4.83. The maximum atomic E-state index is 13.4. The highest BCUT2D eigenvalue weighted by molar-refractivity contribution is 5.87. The fourth-order valence-electron chi connectivity index (χ4n) is 4.83. The minimum atomic E-state index is -1.14. The van der Waals surface area contributed by atoms with Crippen LogP contribution < -0.4 is 26.1 Å². The predicted molar refractivity (Wildman–Crippen MR) is 178 cm³/mol. The van der Waals surface area contributed by atoms with Gasteiger partial charge in [-0.1, -0.05) is 84.0 Å². The zero-order chi connectivity index (χ0) is 34.4. The third-order valence-corrected chi connectivity index (χ3v) is 7.26. The van der Waals surface area contributed by atoms with E-state index in [0.717, 1.165) is 16.9 Å². The predicted octanol–water partition coefficient (Wildman–Crippen LogP) is 2.96. The molecule has 0 spiro atoms. The van der Waals surface area contributed by atoms with Gasteiger partial charge in [-0.05, 0) is 47.4 Å². The molecule has 2 aromatic rings. The van der Waals surface area contributed by atoms with E-state index in [4.69, 9.17) is 4.74 Å². The summed E-state index contributed by atoms with van der Waals surface area (Å²) in [4.78, 5) is 50.5. The molecule has 254 valence electrons. The topological polar surface area (TPSA) is 149 Å². The number of aliphatic hydroxyl groups is 1. The van der Waals surface area contributed by atoms with Crippen LogP contribution in [0.4, 0.5) is 0 Å². The van der Waals surface area contributed by atoms with E-state index in [1.807, 2.05) is 82.3 Å². The molecule has 0 saturated carbocycles. The average Bonchev–Trinajstić information content (AvgIpc) is 2.97. The van der Waals surface area contributed by atoms with Gasteiger partial charge in [0.15, 0.2) is 0 Å². The lowest BCUT2D eigenvalue weighted by molar-refractivity contribution is -0.134. The Morgan fingerprint density at radius 3 is 1.78 bits per heavy atom. The molecular formula is C35H53N5O6. The summed E-state index contributed by atoms with van der Waals surface area (Å²) in [6.07, 6.45) is -0.829. The minimum Gasteiger partial charge on any atom is -0.493 e. The van der Waals surface area contributed by atoms with E-state index in [9.17, 15) is 24.3 Å². The SMILES string of the molecule is CC(=O)N[C@H](C(=O)N[C@@H](Cc1ccccc1)[C@@H](O)CN(Cc1ccc(OCC(C)C)cc1)NC(=O)[C@@H](NC(C)=O)C(C)C)C(C)C. The van der Waals surface area contributed by atoms with Gasteiger partial charge in [-0.2, -0.15) is 0 Å². The Labute approximate surface area is 273 Å². The third kappa shape index (κ3) is 13.6. The van der Waals surface area contributed by atoms with Crippen molar-refractivity contribution in [2.24, 2.45) is 17.8 Å². The molecule has 2 aromatic carbocycles. The molecule has 4 atom stereocenters. The summed E-state index contributed by atoms with van der Waals surface area (Å²) in [5.41, 5.74) is 4.64. The Hall–Kier alpha value is -3.96. The second kappa shape index (κ2) is 18.9. The van der Waals surface area contributed by atoms with Gasteiger partial charge in [-0.25, -0.2) is 5.01 Å². The Balaban J connectivity index is 2.37. The highest BCUT2D eigenvalue weighted by Gasteiger charge is 2.31. The summed E-state index contributed by atoms with van der Waals surface area (Å²) in [6, 6.07) is 14.6. The van der Waals surface area contributed by atoms with Crippen molar-refractivity contribution in [1.82, 2.24) is 26.4 Å². The van der Waals surface area contributed by atoms with Crippen molar-refractivity contribution >= 4 is 23.6 Å². The van der Waals surface area contributed by atoms with E-state index in [0.29, 0.717) is 18.9 Å². The van der Waals surface area contributed by atoms with Crippen LogP contribution >= 0.6 is 0 Å². The van der Waals surface area contributed by atoms with Gasteiger partial charge in [0, 0.05) is 26.9 Å². The zero-order valence-corrected chi connectivity index (χ0v) is 28.5. The average molecular weight is 640 g/mol. The Kier molecular flexibility index (Phi) is 15.7. The summed E-state index contributed by atoms with van der Waals surface area (Å²) in [7, 11) is 0. The first-order valence-corrected chi connectivity index (χ1v) is 16.0. The maximum Gasteiger partial charge on any atom is 0.257 e. The van der Waals surface area contributed by atoms with Crippen LogP contribution in [0.1, 0.15) is 66.5 Å². The number of hydrogen-bond acceptors (Lipinski definition) is 7. The molecule has 0 bridgehead atoms. The van der Waals surface area contributed by atoms with Gasteiger partial charge in [-0.3, -0.25) is 24.6 Å². The van der Waals surface area contributed by atoms with Gasteiger partial charge in [0.05, 0.1) is 18.8 Å². The van der Waals surface area contributed by atoms with Crippen molar-refractivity contribution in [3.05, 3.63) is 65.7 Å². The van der Waals surface area contributed by atoms with Crippen LogP contribution in [0.3, 0.4) is 0 Å². The van der Waals surface area contributed by atoms with Gasteiger partial charge in [0.2, 0.25) is 17.7 Å².